The molecule has 26 heavy (non-hydrogen) atoms. The first-order valence-electron chi connectivity index (χ1n) is 7.13. The molecule has 140 valence electrons. The average molecular weight is 452 g/mol. The fourth-order valence-electron chi connectivity index (χ4n) is 2.10. The van der Waals surface area contributed by atoms with E-state index in [9.17, 15) is 26.4 Å². The van der Waals surface area contributed by atoms with E-state index in [1.807, 2.05) is 0 Å². The third-order valence-electron chi connectivity index (χ3n) is 2.98. The van der Waals surface area contributed by atoms with Crippen molar-refractivity contribution in [3.8, 4) is 5.75 Å². The Balaban J connectivity index is 2.00. The van der Waals surface area contributed by atoms with Crippen molar-refractivity contribution in [3.05, 3.63) is 58.6 Å². The normalized spacial score (nSPS) is 11.8. The van der Waals surface area contributed by atoms with Gasteiger partial charge in [-0.25, -0.2) is 8.42 Å². The van der Waals surface area contributed by atoms with E-state index in [0.717, 1.165) is 12.1 Å². The summed E-state index contributed by atoms with van der Waals surface area (Å²) >= 11 is 3.23. The molecule has 0 atom stereocenters. The van der Waals surface area contributed by atoms with E-state index in [1.54, 1.807) is 24.3 Å². The van der Waals surface area contributed by atoms with E-state index in [4.69, 9.17) is 0 Å². The van der Waals surface area contributed by atoms with Gasteiger partial charge in [-0.05, 0) is 29.8 Å². The molecule has 0 aliphatic carbocycles. The first kappa shape index (κ1) is 20.2. The van der Waals surface area contributed by atoms with Gasteiger partial charge in [0.05, 0.1) is 5.75 Å². The number of nitrogens with one attached hydrogen (secondary N) is 1. The van der Waals surface area contributed by atoms with E-state index >= 15 is 0 Å². The Morgan fingerprint density at radius 2 is 1.81 bits per heavy atom. The van der Waals surface area contributed by atoms with Crippen molar-refractivity contribution in [1.82, 2.24) is 0 Å². The maximum atomic E-state index is 12.2. The largest absolute Gasteiger partial charge is 0.573 e. The fraction of sp³-hybridized carbons (Fsp3) is 0.188. The van der Waals surface area contributed by atoms with Crippen LogP contribution in [-0.2, 0) is 20.4 Å². The second-order valence-electron chi connectivity index (χ2n) is 5.29. The molecule has 2 rings (SSSR count). The number of carbonyl (C=O) groups is 1. The third kappa shape index (κ3) is 7.04. The molecule has 0 saturated carbocycles. The van der Waals surface area contributed by atoms with Gasteiger partial charge in [-0.3, -0.25) is 4.79 Å². The van der Waals surface area contributed by atoms with Gasteiger partial charge in [-0.15, -0.1) is 13.2 Å². The molecule has 0 radical (unpaired) electrons. The quantitative estimate of drug-likeness (QED) is 0.722. The first-order valence-corrected chi connectivity index (χ1v) is 9.74. The summed E-state index contributed by atoms with van der Waals surface area (Å²) in [5.74, 6) is -2.52. The van der Waals surface area contributed by atoms with E-state index in [0.29, 0.717) is 10.0 Å². The van der Waals surface area contributed by atoms with Crippen LogP contribution in [0.3, 0.4) is 0 Å². The van der Waals surface area contributed by atoms with Gasteiger partial charge in [0.15, 0.2) is 9.84 Å². The molecule has 0 unspecified atom stereocenters. The highest BCUT2D eigenvalue weighted by Crippen LogP contribution is 2.25. The highest BCUT2D eigenvalue weighted by molar-refractivity contribution is 9.10. The number of hydrogen-bond acceptors (Lipinski definition) is 4. The minimum absolute atomic E-state index is 0.00518. The Labute approximate surface area is 156 Å². The lowest BCUT2D eigenvalue weighted by atomic mass is 10.2. The SMILES string of the molecule is O=C(CS(=O)(=O)Cc1cccc(Br)c1)Nc1cccc(OC(F)(F)F)c1. The molecule has 1 amide bonds. The summed E-state index contributed by atoms with van der Waals surface area (Å²) in [6, 6.07) is 11.2. The van der Waals surface area contributed by atoms with Crippen molar-refractivity contribution in [1.29, 1.82) is 0 Å². The van der Waals surface area contributed by atoms with E-state index in [-0.39, 0.29) is 11.4 Å². The van der Waals surface area contributed by atoms with Gasteiger partial charge in [0.1, 0.15) is 11.5 Å². The highest BCUT2D eigenvalue weighted by Gasteiger charge is 2.31. The number of alkyl halides is 3. The molecular formula is C16H13BrF3NO4S. The Bertz CT molecular complexity index is 900. The zero-order valence-corrected chi connectivity index (χ0v) is 15.5. The van der Waals surface area contributed by atoms with Crippen LogP contribution in [-0.4, -0.2) is 26.4 Å². The lowest BCUT2D eigenvalue weighted by Gasteiger charge is -2.11. The van der Waals surface area contributed by atoms with E-state index < -0.39 is 33.6 Å². The molecular weight excluding hydrogens is 439 g/mol. The van der Waals surface area contributed by atoms with Crippen molar-refractivity contribution in [2.45, 2.75) is 12.1 Å². The zero-order valence-electron chi connectivity index (χ0n) is 13.1. The second-order valence-corrected chi connectivity index (χ2v) is 8.27. The smallest absolute Gasteiger partial charge is 0.406 e. The van der Waals surface area contributed by atoms with Crippen LogP contribution in [0.25, 0.3) is 0 Å². The molecule has 0 spiro atoms. The van der Waals surface area contributed by atoms with Gasteiger partial charge in [0.25, 0.3) is 0 Å². The molecule has 10 heteroatoms. The molecule has 5 nitrogen and oxygen atoms in total. The van der Waals surface area contributed by atoms with Gasteiger partial charge >= 0.3 is 6.36 Å². The molecule has 1 N–H and O–H groups in total. The van der Waals surface area contributed by atoms with Crippen molar-refractivity contribution in [2.75, 3.05) is 11.1 Å². The number of rotatable bonds is 6. The number of sulfone groups is 1. The van der Waals surface area contributed by atoms with Crippen LogP contribution in [0.15, 0.2) is 53.0 Å². The van der Waals surface area contributed by atoms with Crippen LogP contribution in [0.1, 0.15) is 5.56 Å². The standard InChI is InChI=1S/C16H13BrF3NO4S/c17-12-4-1-3-11(7-12)9-26(23,24)10-15(22)21-13-5-2-6-14(8-13)25-16(18,19)20/h1-8H,9-10H2,(H,21,22). The Morgan fingerprint density at radius 3 is 2.46 bits per heavy atom. The van der Waals surface area contributed by atoms with Crippen LogP contribution >= 0.6 is 15.9 Å². The molecule has 0 saturated heterocycles. The molecule has 0 heterocycles. The van der Waals surface area contributed by atoms with Crippen molar-refractivity contribution in [2.24, 2.45) is 0 Å². The van der Waals surface area contributed by atoms with Crippen LogP contribution in [0.4, 0.5) is 18.9 Å². The number of halogens is 4. The number of hydrogen-bond donors (Lipinski definition) is 1. The Hall–Kier alpha value is -2.07. The van der Waals surface area contributed by atoms with Gasteiger partial charge < -0.3 is 10.1 Å². The number of ether oxygens (including phenoxy) is 1. The summed E-state index contributed by atoms with van der Waals surface area (Å²) in [4.78, 5) is 11.9. The lowest BCUT2D eigenvalue weighted by molar-refractivity contribution is -0.274. The third-order valence-corrected chi connectivity index (χ3v) is 4.95. The van der Waals surface area contributed by atoms with E-state index in [2.05, 4.69) is 26.0 Å². The van der Waals surface area contributed by atoms with Crippen LogP contribution < -0.4 is 10.1 Å². The molecule has 0 aliphatic heterocycles. The fourth-order valence-corrected chi connectivity index (χ4v) is 3.81. The van der Waals surface area contributed by atoms with Crippen LogP contribution in [0, 0.1) is 0 Å². The van der Waals surface area contributed by atoms with Crippen molar-refractivity contribution in [3.63, 3.8) is 0 Å². The summed E-state index contributed by atoms with van der Waals surface area (Å²) in [7, 11) is -3.75. The van der Waals surface area contributed by atoms with Gasteiger partial charge in [-0.2, -0.15) is 0 Å². The maximum absolute atomic E-state index is 12.2. The zero-order chi connectivity index (χ0) is 19.4. The number of amides is 1. The molecule has 0 aromatic heterocycles. The number of anilines is 1. The Morgan fingerprint density at radius 1 is 1.12 bits per heavy atom. The van der Waals surface area contributed by atoms with E-state index in [1.165, 1.54) is 12.1 Å². The average Bonchev–Trinajstić information content (AvgIpc) is 2.44. The molecule has 2 aromatic rings. The summed E-state index contributed by atoms with van der Waals surface area (Å²) < 4.78 is 65.3. The van der Waals surface area contributed by atoms with Gasteiger partial charge in [-0.1, -0.05) is 34.1 Å². The van der Waals surface area contributed by atoms with Crippen LogP contribution in [0.5, 0.6) is 5.75 Å². The predicted octanol–water partition coefficient (Wildman–Crippen LogP) is 3.90. The number of benzene rings is 2. The summed E-state index contributed by atoms with van der Waals surface area (Å²) in [5.41, 5.74) is 0.502. The van der Waals surface area contributed by atoms with Gasteiger partial charge in [0.2, 0.25) is 5.91 Å². The molecule has 0 fully saturated rings. The first-order chi connectivity index (χ1) is 12.0. The molecule has 0 bridgehead atoms. The number of carbonyl (C=O) groups excluding carboxylic acids is 1. The second kappa shape index (κ2) is 8.09. The van der Waals surface area contributed by atoms with Crippen molar-refractivity contribution >= 4 is 37.4 Å². The monoisotopic (exact) mass is 451 g/mol. The molecule has 0 aliphatic rings. The van der Waals surface area contributed by atoms with Crippen LogP contribution in [0.2, 0.25) is 0 Å². The summed E-state index contributed by atoms with van der Waals surface area (Å²) in [6.07, 6.45) is -4.87. The summed E-state index contributed by atoms with van der Waals surface area (Å²) in [5, 5.41) is 2.25. The molecule has 2 aromatic carbocycles. The highest BCUT2D eigenvalue weighted by atomic mass is 79.9. The predicted molar refractivity (Wildman–Crippen MR) is 93.4 cm³/mol. The topological polar surface area (TPSA) is 72.5 Å². The minimum Gasteiger partial charge on any atom is -0.406 e. The summed E-state index contributed by atoms with van der Waals surface area (Å²) in [6.45, 7) is 0. The lowest BCUT2D eigenvalue weighted by Crippen LogP contribution is -2.24. The Kier molecular flexibility index (Phi) is 6.30. The van der Waals surface area contributed by atoms with Gasteiger partial charge in [0, 0.05) is 16.2 Å². The minimum atomic E-state index is -4.87. The van der Waals surface area contributed by atoms with Crippen molar-refractivity contribution < 1.29 is 31.1 Å². The maximum Gasteiger partial charge on any atom is 0.573 e.